The monoisotopic (exact) mass is 276 g/mol. The van der Waals surface area contributed by atoms with Crippen molar-refractivity contribution in [1.29, 1.82) is 0 Å². The average molecular weight is 276 g/mol. The van der Waals surface area contributed by atoms with E-state index in [2.05, 4.69) is 12.2 Å². The van der Waals surface area contributed by atoms with Crippen molar-refractivity contribution in [2.45, 2.75) is 58.0 Å². The molecular weight excluding hydrogens is 252 g/mol. The molecule has 0 radical (unpaired) electrons. The van der Waals surface area contributed by atoms with Crippen molar-refractivity contribution in [1.82, 2.24) is 5.32 Å². The first-order valence-electron chi connectivity index (χ1n) is 7.67. The van der Waals surface area contributed by atoms with E-state index in [1.165, 1.54) is 32.1 Å². The molecule has 2 rings (SSSR count). The minimum absolute atomic E-state index is 0.160. The lowest BCUT2D eigenvalue weighted by atomic mass is 9.83. The summed E-state index contributed by atoms with van der Waals surface area (Å²) < 4.78 is 0. The molecular formula is C16H24N2O2. The van der Waals surface area contributed by atoms with Crippen molar-refractivity contribution in [3.63, 3.8) is 0 Å². The lowest BCUT2D eigenvalue weighted by Crippen LogP contribution is -2.36. The highest BCUT2D eigenvalue weighted by Crippen LogP contribution is 2.27. The van der Waals surface area contributed by atoms with E-state index in [1.807, 2.05) is 12.1 Å². The van der Waals surface area contributed by atoms with Gasteiger partial charge in [0, 0.05) is 24.7 Å². The summed E-state index contributed by atoms with van der Waals surface area (Å²) in [5, 5.41) is 14.3. The summed E-state index contributed by atoms with van der Waals surface area (Å²) in [4.78, 5) is 10.3. The molecule has 0 heterocycles. The van der Waals surface area contributed by atoms with Crippen LogP contribution in [0, 0.1) is 16.0 Å². The van der Waals surface area contributed by atoms with Gasteiger partial charge in [-0.15, -0.1) is 0 Å². The molecule has 1 aromatic rings. The molecule has 1 aliphatic rings. The predicted molar refractivity (Wildman–Crippen MR) is 80.6 cm³/mol. The molecule has 1 fully saturated rings. The number of nitro groups is 1. The Bertz CT molecular complexity index is 425. The molecule has 1 aromatic carbocycles. The molecule has 0 spiro atoms. The fourth-order valence-corrected chi connectivity index (χ4v) is 3.17. The van der Waals surface area contributed by atoms with Crippen LogP contribution in [0.25, 0.3) is 0 Å². The van der Waals surface area contributed by atoms with Crippen molar-refractivity contribution < 1.29 is 4.92 Å². The lowest BCUT2D eigenvalue weighted by molar-refractivity contribution is -0.384. The average Bonchev–Trinajstić information content (AvgIpc) is 2.49. The van der Waals surface area contributed by atoms with Crippen LogP contribution in [0.3, 0.4) is 0 Å². The SMILES string of the molecule is CCC(NCc1ccc([N+](=O)[O-])cc1)C1CCCCC1. The number of hydrogen-bond acceptors (Lipinski definition) is 3. The molecule has 110 valence electrons. The highest BCUT2D eigenvalue weighted by atomic mass is 16.6. The molecule has 4 heteroatoms. The first-order valence-corrected chi connectivity index (χ1v) is 7.67. The Hall–Kier alpha value is -1.42. The first kappa shape index (κ1) is 15.0. The largest absolute Gasteiger partial charge is 0.310 e. The fourth-order valence-electron chi connectivity index (χ4n) is 3.17. The topological polar surface area (TPSA) is 55.2 Å². The van der Waals surface area contributed by atoms with E-state index < -0.39 is 0 Å². The number of hydrogen-bond donors (Lipinski definition) is 1. The smallest absolute Gasteiger partial charge is 0.269 e. The van der Waals surface area contributed by atoms with E-state index in [9.17, 15) is 10.1 Å². The zero-order valence-corrected chi connectivity index (χ0v) is 12.2. The second kappa shape index (κ2) is 7.39. The summed E-state index contributed by atoms with van der Waals surface area (Å²) in [7, 11) is 0. The lowest BCUT2D eigenvalue weighted by Gasteiger charge is -2.30. The molecule has 1 saturated carbocycles. The highest BCUT2D eigenvalue weighted by Gasteiger charge is 2.21. The second-order valence-corrected chi connectivity index (χ2v) is 5.72. The van der Waals surface area contributed by atoms with Crippen molar-refractivity contribution in [3.05, 3.63) is 39.9 Å². The molecule has 1 aliphatic carbocycles. The van der Waals surface area contributed by atoms with E-state index in [4.69, 9.17) is 0 Å². The van der Waals surface area contributed by atoms with E-state index in [-0.39, 0.29) is 10.6 Å². The molecule has 20 heavy (non-hydrogen) atoms. The van der Waals surface area contributed by atoms with E-state index in [1.54, 1.807) is 12.1 Å². The third kappa shape index (κ3) is 4.04. The third-order valence-corrected chi connectivity index (χ3v) is 4.37. The Balaban J connectivity index is 1.87. The number of rotatable bonds is 6. The van der Waals surface area contributed by atoms with Crippen molar-refractivity contribution >= 4 is 5.69 Å². The highest BCUT2D eigenvalue weighted by molar-refractivity contribution is 5.32. The van der Waals surface area contributed by atoms with Crippen LogP contribution in [0.15, 0.2) is 24.3 Å². The molecule has 4 nitrogen and oxygen atoms in total. The molecule has 0 aromatic heterocycles. The van der Waals surface area contributed by atoms with E-state index in [0.29, 0.717) is 6.04 Å². The van der Waals surface area contributed by atoms with E-state index in [0.717, 1.165) is 24.4 Å². The van der Waals surface area contributed by atoms with Gasteiger partial charge in [-0.25, -0.2) is 0 Å². The van der Waals surface area contributed by atoms with Gasteiger partial charge in [0.1, 0.15) is 0 Å². The zero-order valence-electron chi connectivity index (χ0n) is 12.2. The normalized spacial score (nSPS) is 17.9. The minimum Gasteiger partial charge on any atom is -0.310 e. The number of nitrogens with one attached hydrogen (secondary N) is 1. The quantitative estimate of drug-likeness (QED) is 0.630. The Kier molecular flexibility index (Phi) is 5.53. The summed E-state index contributed by atoms with van der Waals surface area (Å²) in [5.41, 5.74) is 1.28. The van der Waals surface area contributed by atoms with Crippen molar-refractivity contribution in [3.8, 4) is 0 Å². The molecule has 1 N–H and O–H groups in total. The van der Waals surface area contributed by atoms with Crippen LogP contribution in [-0.4, -0.2) is 11.0 Å². The molecule has 0 bridgehead atoms. The van der Waals surface area contributed by atoms with Crippen molar-refractivity contribution in [2.24, 2.45) is 5.92 Å². The zero-order chi connectivity index (χ0) is 14.4. The first-order chi connectivity index (χ1) is 9.70. The number of nitro benzene ring substituents is 1. The molecule has 1 atom stereocenters. The summed E-state index contributed by atoms with van der Waals surface area (Å²) >= 11 is 0. The minimum atomic E-state index is -0.353. The number of nitrogens with zero attached hydrogens (tertiary/aromatic N) is 1. The number of non-ortho nitro benzene ring substituents is 1. The van der Waals surface area contributed by atoms with Gasteiger partial charge in [-0.3, -0.25) is 10.1 Å². The van der Waals surface area contributed by atoms with Crippen LogP contribution in [0.4, 0.5) is 5.69 Å². The fraction of sp³-hybridized carbons (Fsp3) is 0.625. The molecule has 0 saturated heterocycles. The maximum atomic E-state index is 10.6. The van der Waals surface area contributed by atoms with Gasteiger partial charge in [0.15, 0.2) is 0 Å². The van der Waals surface area contributed by atoms with Gasteiger partial charge in [-0.1, -0.05) is 38.3 Å². The Labute approximate surface area is 120 Å². The maximum absolute atomic E-state index is 10.6. The maximum Gasteiger partial charge on any atom is 0.269 e. The Morgan fingerprint density at radius 1 is 1.25 bits per heavy atom. The number of benzene rings is 1. The molecule has 0 aliphatic heterocycles. The van der Waals surface area contributed by atoms with Gasteiger partial charge in [0.05, 0.1) is 4.92 Å². The van der Waals surface area contributed by atoms with Gasteiger partial charge < -0.3 is 5.32 Å². The summed E-state index contributed by atoms with van der Waals surface area (Å²) in [6.07, 6.45) is 7.94. The van der Waals surface area contributed by atoms with Gasteiger partial charge >= 0.3 is 0 Å². The standard InChI is InChI=1S/C16H24N2O2/c1-2-16(14-6-4-3-5-7-14)17-12-13-8-10-15(11-9-13)18(19)20/h8-11,14,16-17H,2-7,12H2,1H3. The summed E-state index contributed by atoms with van der Waals surface area (Å²) in [5.74, 6) is 0.798. The third-order valence-electron chi connectivity index (χ3n) is 4.37. The van der Waals surface area contributed by atoms with Gasteiger partial charge in [0.25, 0.3) is 5.69 Å². The molecule has 1 unspecified atom stereocenters. The van der Waals surface area contributed by atoms with E-state index >= 15 is 0 Å². The summed E-state index contributed by atoms with van der Waals surface area (Å²) in [6, 6.07) is 7.43. The van der Waals surface area contributed by atoms with Crippen LogP contribution in [0.2, 0.25) is 0 Å². The van der Waals surface area contributed by atoms with Crippen LogP contribution in [0.1, 0.15) is 51.0 Å². The summed E-state index contributed by atoms with van der Waals surface area (Å²) in [6.45, 7) is 3.04. The van der Waals surface area contributed by atoms with Crippen LogP contribution >= 0.6 is 0 Å². The molecule has 0 amide bonds. The van der Waals surface area contributed by atoms with Crippen molar-refractivity contribution in [2.75, 3.05) is 0 Å². The second-order valence-electron chi connectivity index (χ2n) is 5.72. The Morgan fingerprint density at radius 2 is 1.90 bits per heavy atom. The Morgan fingerprint density at radius 3 is 2.45 bits per heavy atom. The van der Waals surface area contributed by atoms with Crippen LogP contribution < -0.4 is 5.32 Å². The van der Waals surface area contributed by atoms with Crippen LogP contribution in [0.5, 0.6) is 0 Å². The van der Waals surface area contributed by atoms with Crippen LogP contribution in [-0.2, 0) is 6.54 Å². The van der Waals surface area contributed by atoms with Gasteiger partial charge in [0.2, 0.25) is 0 Å². The van der Waals surface area contributed by atoms with Gasteiger partial charge in [-0.05, 0) is 30.7 Å². The predicted octanol–water partition coefficient (Wildman–Crippen LogP) is 4.04. The van der Waals surface area contributed by atoms with Gasteiger partial charge in [-0.2, -0.15) is 0 Å².